The molecule has 1 unspecified atom stereocenters. The summed E-state index contributed by atoms with van der Waals surface area (Å²) in [6.45, 7) is 0.184. The van der Waals surface area contributed by atoms with E-state index in [0.29, 0.717) is 21.4 Å². The van der Waals surface area contributed by atoms with Gasteiger partial charge in [-0.1, -0.05) is 23.2 Å². The van der Waals surface area contributed by atoms with Crippen molar-refractivity contribution in [1.82, 2.24) is 0 Å². The molecule has 0 saturated carbocycles. The number of hydrogen-bond donors (Lipinski definition) is 1. The smallest absolute Gasteiger partial charge is 0.186 e. The molecule has 1 aromatic carbocycles. The highest BCUT2D eigenvalue weighted by atomic mass is 35.5. The quantitative estimate of drug-likeness (QED) is 0.785. The van der Waals surface area contributed by atoms with E-state index in [2.05, 4.69) is 0 Å². The van der Waals surface area contributed by atoms with Crippen LogP contribution in [0.5, 0.6) is 5.75 Å². The van der Waals surface area contributed by atoms with Gasteiger partial charge in [-0.3, -0.25) is 4.79 Å². The maximum absolute atomic E-state index is 11.6. The zero-order valence-corrected chi connectivity index (χ0v) is 9.83. The molecule has 6 heteroatoms. The second-order valence-electron chi connectivity index (χ2n) is 3.04. The first-order valence-electron chi connectivity index (χ1n) is 4.01. The number of carbonyl (C=O) groups is 1. The number of ketones is 1. The van der Waals surface area contributed by atoms with Crippen molar-refractivity contribution in [1.29, 1.82) is 0 Å². The molecule has 82 valence electrons. The van der Waals surface area contributed by atoms with Crippen molar-refractivity contribution in [3.05, 3.63) is 27.7 Å². The van der Waals surface area contributed by atoms with Gasteiger partial charge in [-0.15, -0.1) is 12.4 Å². The van der Waals surface area contributed by atoms with Crippen LogP contribution in [0.15, 0.2) is 12.1 Å². The molecular formula is C9H8Cl3NO2. The van der Waals surface area contributed by atoms with Gasteiger partial charge in [0.25, 0.3) is 0 Å². The predicted molar refractivity (Wildman–Crippen MR) is 61.5 cm³/mol. The van der Waals surface area contributed by atoms with Crippen LogP contribution in [0.3, 0.4) is 0 Å². The Kier molecular flexibility index (Phi) is 3.84. The van der Waals surface area contributed by atoms with Crippen LogP contribution in [-0.2, 0) is 0 Å². The van der Waals surface area contributed by atoms with Gasteiger partial charge in [-0.25, -0.2) is 0 Å². The second-order valence-corrected chi connectivity index (χ2v) is 3.86. The van der Waals surface area contributed by atoms with Crippen molar-refractivity contribution in [2.45, 2.75) is 6.04 Å². The highest BCUT2D eigenvalue weighted by molar-refractivity contribution is 6.42. The fraction of sp³-hybridized carbons (Fsp3) is 0.222. The van der Waals surface area contributed by atoms with Crippen LogP contribution in [0.1, 0.15) is 10.4 Å². The minimum Gasteiger partial charge on any atom is -0.491 e. The molecule has 1 atom stereocenters. The van der Waals surface area contributed by atoms with Gasteiger partial charge in [0.15, 0.2) is 5.78 Å². The number of hydrogen-bond acceptors (Lipinski definition) is 3. The summed E-state index contributed by atoms with van der Waals surface area (Å²) in [7, 11) is 0. The summed E-state index contributed by atoms with van der Waals surface area (Å²) >= 11 is 11.6. The van der Waals surface area contributed by atoms with Gasteiger partial charge in [0, 0.05) is 6.07 Å². The van der Waals surface area contributed by atoms with Crippen LogP contribution >= 0.6 is 35.6 Å². The molecule has 0 aromatic heterocycles. The lowest BCUT2D eigenvalue weighted by Crippen LogP contribution is -2.40. The predicted octanol–water partition coefficient (Wildman–Crippen LogP) is 2.32. The summed E-state index contributed by atoms with van der Waals surface area (Å²) in [4.78, 5) is 11.6. The lowest BCUT2D eigenvalue weighted by atomic mass is 10.0. The highest BCUT2D eigenvalue weighted by Gasteiger charge is 2.26. The Hall–Kier alpha value is -0.480. The molecule has 1 heterocycles. The molecule has 1 aliphatic rings. The van der Waals surface area contributed by atoms with Crippen LogP contribution in [0.4, 0.5) is 0 Å². The zero-order chi connectivity index (χ0) is 10.3. The Morgan fingerprint density at radius 1 is 1.33 bits per heavy atom. The number of halogens is 3. The van der Waals surface area contributed by atoms with Crippen molar-refractivity contribution in [2.75, 3.05) is 6.61 Å². The molecule has 0 amide bonds. The maximum Gasteiger partial charge on any atom is 0.186 e. The number of carbonyl (C=O) groups excluding carboxylic acids is 1. The van der Waals surface area contributed by atoms with E-state index in [1.165, 1.54) is 12.1 Å². The van der Waals surface area contributed by atoms with Crippen molar-refractivity contribution in [3.8, 4) is 5.75 Å². The third-order valence-corrected chi connectivity index (χ3v) is 2.77. The molecule has 1 aromatic rings. The number of rotatable bonds is 0. The minimum atomic E-state index is -0.611. The first-order chi connectivity index (χ1) is 6.59. The summed E-state index contributed by atoms with van der Waals surface area (Å²) in [5, 5.41) is 0.699. The van der Waals surface area contributed by atoms with E-state index < -0.39 is 6.04 Å². The zero-order valence-electron chi connectivity index (χ0n) is 7.50. The van der Waals surface area contributed by atoms with E-state index in [0.717, 1.165) is 0 Å². The van der Waals surface area contributed by atoms with Crippen molar-refractivity contribution < 1.29 is 9.53 Å². The van der Waals surface area contributed by atoms with Gasteiger partial charge in [0.05, 0.1) is 15.6 Å². The van der Waals surface area contributed by atoms with E-state index in [-0.39, 0.29) is 24.8 Å². The van der Waals surface area contributed by atoms with E-state index in [1.807, 2.05) is 0 Å². The first-order valence-corrected chi connectivity index (χ1v) is 4.77. The Labute approximate surface area is 103 Å². The van der Waals surface area contributed by atoms with Crippen molar-refractivity contribution >= 4 is 41.4 Å². The first kappa shape index (κ1) is 12.6. The molecule has 3 nitrogen and oxygen atoms in total. The summed E-state index contributed by atoms with van der Waals surface area (Å²) in [6, 6.07) is 2.41. The molecule has 2 N–H and O–H groups in total. The second kappa shape index (κ2) is 4.58. The number of fused-ring (bicyclic) bond motifs is 1. The van der Waals surface area contributed by atoms with E-state index >= 15 is 0 Å². The summed E-state index contributed by atoms with van der Waals surface area (Å²) in [5.41, 5.74) is 5.93. The Bertz CT molecular complexity index is 409. The summed E-state index contributed by atoms with van der Waals surface area (Å²) in [6.07, 6.45) is 0. The third kappa shape index (κ3) is 2.21. The average Bonchev–Trinajstić information content (AvgIpc) is 2.15. The fourth-order valence-electron chi connectivity index (χ4n) is 1.30. The van der Waals surface area contributed by atoms with E-state index in [9.17, 15) is 4.79 Å². The lowest BCUT2D eigenvalue weighted by Gasteiger charge is -2.21. The fourth-order valence-corrected chi connectivity index (χ4v) is 1.61. The van der Waals surface area contributed by atoms with Crippen LogP contribution < -0.4 is 10.5 Å². The molecule has 2 rings (SSSR count). The summed E-state index contributed by atoms with van der Waals surface area (Å²) < 4.78 is 5.25. The molecular weight excluding hydrogens is 260 g/mol. The SMILES string of the molecule is Cl.NC1COc2cc(Cl)c(Cl)cc2C1=O. The normalized spacial score (nSPS) is 18.9. The van der Waals surface area contributed by atoms with Crippen LogP contribution in [0, 0.1) is 0 Å². The van der Waals surface area contributed by atoms with Gasteiger partial charge in [0.2, 0.25) is 0 Å². The minimum absolute atomic E-state index is 0. The number of Topliss-reactive ketones (excluding diaryl/α,β-unsaturated/α-hetero) is 1. The van der Waals surface area contributed by atoms with Gasteiger partial charge in [-0.05, 0) is 6.07 Å². The monoisotopic (exact) mass is 267 g/mol. The molecule has 0 spiro atoms. The van der Waals surface area contributed by atoms with Crippen molar-refractivity contribution in [2.24, 2.45) is 5.73 Å². The van der Waals surface area contributed by atoms with Gasteiger partial charge >= 0.3 is 0 Å². The summed E-state index contributed by atoms with van der Waals surface area (Å²) in [5.74, 6) is 0.288. The third-order valence-electron chi connectivity index (χ3n) is 2.04. The van der Waals surface area contributed by atoms with Crippen LogP contribution in [0.25, 0.3) is 0 Å². The van der Waals surface area contributed by atoms with Crippen molar-refractivity contribution in [3.63, 3.8) is 0 Å². The molecule has 0 fully saturated rings. The lowest BCUT2D eigenvalue weighted by molar-refractivity contribution is 0.0900. The molecule has 0 aliphatic carbocycles. The largest absolute Gasteiger partial charge is 0.491 e. The van der Waals surface area contributed by atoms with Crippen LogP contribution in [-0.4, -0.2) is 18.4 Å². The Morgan fingerprint density at radius 2 is 1.93 bits per heavy atom. The highest BCUT2D eigenvalue weighted by Crippen LogP contribution is 2.33. The average molecular weight is 269 g/mol. The molecule has 15 heavy (non-hydrogen) atoms. The molecule has 0 radical (unpaired) electrons. The Balaban J connectivity index is 0.00000112. The van der Waals surface area contributed by atoms with Gasteiger partial charge < -0.3 is 10.5 Å². The van der Waals surface area contributed by atoms with E-state index in [1.54, 1.807) is 0 Å². The topological polar surface area (TPSA) is 52.3 Å². The number of ether oxygens (including phenoxy) is 1. The molecule has 0 saturated heterocycles. The molecule has 1 aliphatic heterocycles. The number of benzene rings is 1. The molecule has 0 bridgehead atoms. The van der Waals surface area contributed by atoms with E-state index in [4.69, 9.17) is 33.7 Å². The van der Waals surface area contributed by atoms with Gasteiger partial charge in [-0.2, -0.15) is 0 Å². The maximum atomic E-state index is 11.6. The standard InChI is InChI=1S/C9H7Cl2NO2.ClH/c10-5-1-4-8(2-6(5)11)14-3-7(12)9(4)13;/h1-2,7H,3,12H2;1H. The van der Waals surface area contributed by atoms with Crippen LogP contribution in [0.2, 0.25) is 10.0 Å². The number of nitrogens with two attached hydrogens (primary N) is 1. The van der Waals surface area contributed by atoms with Gasteiger partial charge in [0.1, 0.15) is 18.4 Å². The Morgan fingerprint density at radius 3 is 2.60 bits per heavy atom.